The van der Waals surface area contributed by atoms with Crippen LogP contribution in [0.4, 0.5) is 0 Å². The Labute approximate surface area is 81.5 Å². The molecular formula is C11H22N2. The lowest BCUT2D eigenvalue weighted by Gasteiger charge is -2.42. The van der Waals surface area contributed by atoms with E-state index in [0.717, 1.165) is 23.9 Å². The van der Waals surface area contributed by atoms with Crippen LogP contribution in [0.2, 0.25) is 0 Å². The average Bonchev–Trinajstić information content (AvgIpc) is 2.64. The second-order valence-electron chi connectivity index (χ2n) is 4.88. The number of rotatable bonds is 3. The topological polar surface area (TPSA) is 24.1 Å². The van der Waals surface area contributed by atoms with Crippen LogP contribution in [0, 0.1) is 11.8 Å². The molecule has 1 saturated carbocycles. The van der Waals surface area contributed by atoms with Crippen LogP contribution in [0.1, 0.15) is 33.1 Å². The molecule has 2 rings (SSSR count). The van der Waals surface area contributed by atoms with Gasteiger partial charge in [-0.1, -0.05) is 13.8 Å². The van der Waals surface area contributed by atoms with Crippen molar-refractivity contribution in [1.82, 2.24) is 10.6 Å². The zero-order valence-electron chi connectivity index (χ0n) is 8.84. The van der Waals surface area contributed by atoms with Crippen LogP contribution >= 0.6 is 0 Å². The highest BCUT2D eigenvalue weighted by Gasteiger charge is 2.34. The Morgan fingerprint density at radius 1 is 1.38 bits per heavy atom. The van der Waals surface area contributed by atoms with Gasteiger partial charge >= 0.3 is 0 Å². The van der Waals surface area contributed by atoms with Gasteiger partial charge in [-0.25, -0.2) is 0 Å². The molecular weight excluding hydrogens is 160 g/mol. The highest BCUT2D eigenvalue weighted by molar-refractivity contribution is 4.90. The molecule has 2 aliphatic rings. The molecule has 2 N–H and O–H groups in total. The molecule has 0 amide bonds. The van der Waals surface area contributed by atoms with Gasteiger partial charge in [-0.15, -0.1) is 0 Å². The Balaban J connectivity index is 1.63. The number of hydrogen-bond donors (Lipinski definition) is 2. The monoisotopic (exact) mass is 182 g/mol. The molecule has 0 spiro atoms. The second kappa shape index (κ2) is 3.97. The summed E-state index contributed by atoms with van der Waals surface area (Å²) in [5, 5.41) is 7.20. The minimum atomic E-state index is 0.753. The zero-order valence-corrected chi connectivity index (χ0v) is 8.84. The minimum Gasteiger partial charge on any atom is -0.313 e. The lowest BCUT2D eigenvalue weighted by Crippen LogP contribution is -2.51. The van der Waals surface area contributed by atoms with Crippen molar-refractivity contribution in [2.24, 2.45) is 11.8 Å². The van der Waals surface area contributed by atoms with Gasteiger partial charge in [0.15, 0.2) is 0 Å². The fourth-order valence-corrected chi connectivity index (χ4v) is 2.52. The summed E-state index contributed by atoms with van der Waals surface area (Å²) in [6.07, 6.45) is 4.11. The largest absolute Gasteiger partial charge is 0.313 e. The molecule has 0 aromatic carbocycles. The van der Waals surface area contributed by atoms with E-state index in [1.165, 1.54) is 32.4 Å². The van der Waals surface area contributed by atoms with Gasteiger partial charge in [0.25, 0.3) is 0 Å². The van der Waals surface area contributed by atoms with Crippen molar-refractivity contribution >= 4 is 0 Å². The summed E-state index contributed by atoms with van der Waals surface area (Å²) >= 11 is 0. The molecule has 0 aromatic rings. The van der Waals surface area contributed by atoms with Gasteiger partial charge in [0.1, 0.15) is 0 Å². The van der Waals surface area contributed by atoms with Gasteiger partial charge in [-0.2, -0.15) is 0 Å². The van der Waals surface area contributed by atoms with Crippen molar-refractivity contribution in [2.75, 3.05) is 13.1 Å². The molecule has 4 atom stereocenters. The summed E-state index contributed by atoms with van der Waals surface area (Å²) < 4.78 is 0. The van der Waals surface area contributed by atoms with E-state index >= 15 is 0 Å². The van der Waals surface area contributed by atoms with Crippen LogP contribution in [-0.2, 0) is 0 Å². The summed E-state index contributed by atoms with van der Waals surface area (Å²) in [5.41, 5.74) is 0. The molecule has 13 heavy (non-hydrogen) atoms. The summed E-state index contributed by atoms with van der Waals surface area (Å²) in [7, 11) is 0. The third-order valence-corrected chi connectivity index (χ3v) is 3.95. The van der Waals surface area contributed by atoms with Crippen molar-refractivity contribution in [1.29, 1.82) is 0 Å². The maximum Gasteiger partial charge on any atom is 0.0193 e. The van der Waals surface area contributed by atoms with E-state index in [9.17, 15) is 0 Å². The highest BCUT2D eigenvalue weighted by atomic mass is 15.0. The average molecular weight is 182 g/mol. The molecule has 0 radical (unpaired) electrons. The summed E-state index contributed by atoms with van der Waals surface area (Å²) in [6, 6.07) is 1.56. The fraction of sp³-hybridized carbons (Fsp3) is 1.00. The van der Waals surface area contributed by atoms with E-state index in [0.29, 0.717) is 0 Å². The third-order valence-electron chi connectivity index (χ3n) is 3.95. The van der Waals surface area contributed by atoms with Crippen LogP contribution in [-0.4, -0.2) is 25.2 Å². The Bertz CT molecular complexity index is 163. The first-order valence-electron chi connectivity index (χ1n) is 5.74. The number of nitrogens with one attached hydrogen (secondary N) is 2. The van der Waals surface area contributed by atoms with E-state index in [1.54, 1.807) is 0 Å². The lowest BCUT2D eigenvalue weighted by atomic mass is 9.71. The van der Waals surface area contributed by atoms with Crippen LogP contribution in [0.5, 0.6) is 0 Å². The van der Waals surface area contributed by atoms with E-state index in [1.807, 2.05) is 0 Å². The Morgan fingerprint density at radius 3 is 2.77 bits per heavy atom. The molecule has 2 nitrogen and oxygen atoms in total. The predicted octanol–water partition coefficient (Wildman–Crippen LogP) is 1.37. The van der Waals surface area contributed by atoms with Gasteiger partial charge in [0.05, 0.1) is 0 Å². The van der Waals surface area contributed by atoms with Crippen LogP contribution in [0.15, 0.2) is 0 Å². The maximum atomic E-state index is 3.68. The molecule has 4 unspecified atom stereocenters. The quantitative estimate of drug-likeness (QED) is 0.689. The normalized spacial score (nSPS) is 44.8. The zero-order chi connectivity index (χ0) is 9.26. The molecule has 1 aliphatic carbocycles. The molecule has 0 aromatic heterocycles. The molecule has 0 bridgehead atoms. The van der Waals surface area contributed by atoms with Crippen molar-refractivity contribution in [3.05, 3.63) is 0 Å². The van der Waals surface area contributed by atoms with Crippen molar-refractivity contribution in [3.8, 4) is 0 Å². The Hall–Kier alpha value is -0.0800. The minimum absolute atomic E-state index is 0.753. The maximum absolute atomic E-state index is 3.68. The van der Waals surface area contributed by atoms with E-state index in [2.05, 4.69) is 24.5 Å². The van der Waals surface area contributed by atoms with Gasteiger partial charge in [0, 0.05) is 18.6 Å². The van der Waals surface area contributed by atoms with Crippen LogP contribution < -0.4 is 10.6 Å². The molecule has 76 valence electrons. The van der Waals surface area contributed by atoms with Gasteiger partial charge in [0.2, 0.25) is 0 Å². The van der Waals surface area contributed by atoms with Crippen molar-refractivity contribution in [3.63, 3.8) is 0 Å². The Morgan fingerprint density at radius 2 is 2.23 bits per heavy atom. The summed E-state index contributed by atoms with van der Waals surface area (Å²) in [6.45, 7) is 7.13. The van der Waals surface area contributed by atoms with E-state index in [4.69, 9.17) is 0 Å². The van der Waals surface area contributed by atoms with E-state index < -0.39 is 0 Å². The van der Waals surface area contributed by atoms with E-state index in [-0.39, 0.29) is 0 Å². The molecule has 2 fully saturated rings. The summed E-state index contributed by atoms with van der Waals surface area (Å²) in [5.74, 6) is 1.83. The van der Waals surface area contributed by atoms with Crippen molar-refractivity contribution < 1.29 is 0 Å². The smallest absolute Gasteiger partial charge is 0.0193 e. The van der Waals surface area contributed by atoms with Gasteiger partial charge < -0.3 is 10.6 Å². The van der Waals surface area contributed by atoms with Gasteiger partial charge in [-0.3, -0.25) is 0 Å². The molecule has 2 heteroatoms. The Kier molecular flexibility index (Phi) is 2.89. The fourth-order valence-electron chi connectivity index (χ4n) is 2.52. The lowest BCUT2D eigenvalue weighted by molar-refractivity contribution is 0.135. The molecule has 1 saturated heterocycles. The number of hydrogen-bond acceptors (Lipinski definition) is 2. The second-order valence-corrected chi connectivity index (χ2v) is 4.88. The first kappa shape index (κ1) is 9.47. The summed E-state index contributed by atoms with van der Waals surface area (Å²) in [4.78, 5) is 0. The SMILES string of the molecule is CC1CC(NCC2CCCN2)C1C. The predicted molar refractivity (Wildman–Crippen MR) is 55.8 cm³/mol. The van der Waals surface area contributed by atoms with Crippen LogP contribution in [0.25, 0.3) is 0 Å². The standard InChI is InChI=1S/C11H22N2/c1-8-6-11(9(8)2)13-7-10-4-3-5-12-10/h8-13H,3-7H2,1-2H3. The van der Waals surface area contributed by atoms with Crippen molar-refractivity contribution in [2.45, 2.75) is 45.2 Å². The molecule has 1 aliphatic heterocycles. The first-order valence-corrected chi connectivity index (χ1v) is 5.74. The van der Waals surface area contributed by atoms with Crippen LogP contribution in [0.3, 0.4) is 0 Å². The van der Waals surface area contributed by atoms with Gasteiger partial charge in [-0.05, 0) is 37.6 Å². The first-order chi connectivity index (χ1) is 6.27. The molecule has 1 heterocycles. The third kappa shape index (κ3) is 2.05. The highest BCUT2D eigenvalue weighted by Crippen LogP contribution is 2.33.